The third-order valence-electron chi connectivity index (χ3n) is 4.33. The Morgan fingerprint density at radius 1 is 1.07 bits per heavy atom. The molecular weight excluding hydrogens is 342 g/mol. The van der Waals surface area contributed by atoms with Crippen LogP contribution in [0, 0.1) is 18.3 Å². The van der Waals surface area contributed by atoms with Crippen LogP contribution in [0.1, 0.15) is 11.1 Å². The molecule has 2 aromatic carbocycles. The first-order valence-corrected chi connectivity index (χ1v) is 8.25. The minimum Gasteiger partial charge on any atom is -0.478 e. The number of hydrogen-bond donors (Lipinski definition) is 1. The smallest absolute Gasteiger partial charge is 0.348 e. The number of H-pyrrole nitrogens is 1. The van der Waals surface area contributed by atoms with Crippen molar-refractivity contribution in [1.29, 1.82) is 5.26 Å². The maximum Gasteiger partial charge on any atom is 0.348 e. The summed E-state index contributed by atoms with van der Waals surface area (Å²) in [6.45, 7) is 2.00. The number of aromatic nitrogens is 4. The fourth-order valence-electron chi connectivity index (χ4n) is 2.98. The molecule has 0 unspecified atom stereocenters. The minimum absolute atomic E-state index is 0.239. The van der Waals surface area contributed by atoms with Gasteiger partial charge in [0.05, 0.1) is 30.1 Å². The van der Waals surface area contributed by atoms with E-state index < -0.39 is 0 Å². The number of fused-ring (bicyclic) bond motifs is 1. The van der Waals surface area contributed by atoms with Gasteiger partial charge in [0.2, 0.25) is 5.65 Å². The van der Waals surface area contributed by atoms with Crippen molar-refractivity contribution in [3.8, 4) is 34.5 Å². The van der Waals surface area contributed by atoms with Crippen LogP contribution in [0.5, 0.6) is 5.88 Å². The Kier molecular flexibility index (Phi) is 3.94. The molecule has 0 amide bonds. The van der Waals surface area contributed by atoms with Crippen molar-refractivity contribution < 1.29 is 4.74 Å². The van der Waals surface area contributed by atoms with E-state index in [-0.39, 0.29) is 11.6 Å². The molecule has 0 atom stereocenters. The van der Waals surface area contributed by atoms with E-state index in [2.05, 4.69) is 21.3 Å². The van der Waals surface area contributed by atoms with E-state index in [9.17, 15) is 4.79 Å². The Hall–Kier alpha value is -3.92. The van der Waals surface area contributed by atoms with E-state index >= 15 is 0 Å². The van der Waals surface area contributed by atoms with Crippen LogP contribution in [-0.4, -0.2) is 26.7 Å². The fraction of sp³-hybridized carbons (Fsp3) is 0.100. The van der Waals surface area contributed by atoms with Gasteiger partial charge < -0.3 is 4.74 Å². The number of nitrogens with one attached hydrogen (secondary N) is 1. The van der Waals surface area contributed by atoms with Crippen LogP contribution in [0.4, 0.5) is 0 Å². The summed E-state index contributed by atoms with van der Waals surface area (Å²) >= 11 is 0. The predicted octanol–water partition coefficient (Wildman–Crippen LogP) is 2.94. The summed E-state index contributed by atoms with van der Waals surface area (Å²) in [6, 6.07) is 16.9. The molecule has 0 saturated heterocycles. The third kappa shape index (κ3) is 2.73. The summed E-state index contributed by atoms with van der Waals surface area (Å²) in [7, 11) is 1.48. The number of rotatable bonds is 3. The number of methoxy groups -OCH3 is 1. The van der Waals surface area contributed by atoms with Crippen molar-refractivity contribution in [3.05, 3.63) is 70.1 Å². The molecular formula is C20H15N5O2. The molecule has 7 heteroatoms. The fourth-order valence-corrected chi connectivity index (χ4v) is 2.98. The van der Waals surface area contributed by atoms with Crippen LogP contribution in [0.3, 0.4) is 0 Å². The lowest BCUT2D eigenvalue weighted by Gasteiger charge is -2.13. The van der Waals surface area contributed by atoms with Gasteiger partial charge in [0, 0.05) is 11.1 Å². The summed E-state index contributed by atoms with van der Waals surface area (Å²) in [6.07, 6.45) is 0. The third-order valence-corrected chi connectivity index (χ3v) is 4.33. The monoisotopic (exact) mass is 357 g/mol. The van der Waals surface area contributed by atoms with Crippen LogP contribution in [0.25, 0.3) is 28.2 Å². The molecule has 2 aromatic heterocycles. The highest BCUT2D eigenvalue weighted by atomic mass is 16.5. The summed E-state index contributed by atoms with van der Waals surface area (Å²) in [5.74, 6) is 0.239. The maximum atomic E-state index is 12.5. The van der Waals surface area contributed by atoms with E-state index in [0.717, 1.165) is 16.7 Å². The molecule has 7 nitrogen and oxygen atoms in total. The zero-order valence-electron chi connectivity index (χ0n) is 14.7. The van der Waals surface area contributed by atoms with Crippen LogP contribution in [0.2, 0.25) is 0 Å². The maximum absolute atomic E-state index is 12.5. The number of aromatic amines is 1. The Labute approximate surface area is 154 Å². The number of hydrogen-bond acceptors (Lipinski definition) is 5. The zero-order valence-corrected chi connectivity index (χ0v) is 14.7. The first-order valence-electron chi connectivity index (χ1n) is 8.25. The van der Waals surface area contributed by atoms with E-state index in [1.807, 2.05) is 31.2 Å². The quantitative estimate of drug-likeness (QED) is 0.608. The first-order chi connectivity index (χ1) is 13.1. The summed E-state index contributed by atoms with van der Waals surface area (Å²) < 4.78 is 6.81. The molecule has 2 heterocycles. The average molecular weight is 357 g/mol. The zero-order chi connectivity index (χ0) is 19.0. The standard InChI is InChI=1S/C20H15N5O2/c1-12-3-7-15(8-4-12)17-16(14-9-5-13(11-21)6-10-14)22-19(27-2)18-23-24-20(26)25(17)18/h3-10H,1-2H3,(H,24,26). The number of ether oxygens (including phenoxy) is 1. The molecule has 0 aliphatic heterocycles. The highest BCUT2D eigenvalue weighted by Crippen LogP contribution is 2.33. The van der Waals surface area contributed by atoms with Crippen molar-refractivity contribution in [3.63, 3.8) is 0 Å². The van der Waals surface area contributed by atoms with Crippen molar-refractivity contribution in [2.45, 2.75) is 6.92 Å². The van der Waals surface area contributed by atoms with Crippen LogP contribution >= 0.6 is 0 Å². The topological polar surface area (TPSA) is 96.1 Å². The predicted molar refractivity (Wildman–Crippen MR) is 100 cm³/mol. The molecule has 27 heavy (non-hydrogen) atoms. The number of nitrogens with zero attached hydrogens (tertiary/aromatic N) is 4. The molecule has 0 bridgehead atoms. The van der Waals surface area contributed by atoms with Gasteiger partial charge in [-0.2, -0.15) is 5.26 Å². The van der Waals surface area contributed by atoms with E-state index in [0.29, 0.717) is 22.6 Å². The van der Waals surface area contributed by atoms with Crippen molar-refractivity contribution >= 4 is 5.65 Å². The molecule has 0 saturated carbocycles. The van der Waals surface area contributed by atoms with Gasteiger partial charge in [-0.15, -0.1) is 5.10 Å². The molecule has 0 aliphatic rings. The second-order valence-corrected chi connectivity index (χ2v) is 6.06. The molecule has 4 rings (SSSR count). The lowest BCUT2D eigenvalue weighted by molar-refractivity contribution is 0.400. The second kappa shape index (κ2) is 6.42. The Morgan fingerprint density at radius 3 is 2.37 bits per heavy atom. The van der Waals surface area contributed by atoms with E-state index in [1.54, 1.807) is 24.3 Å². The number of aryl methyl sites for hydroxylation is 1. The number of nitriles is 1. The van der Waals surface area contributed by atoms with E-state index in [1.165, 1.54) is 11.5 Å². The Bertz CT molecular complexity index is 1230. The molecule has 1 N–H and O–H groups in total. The molecule has 4 aromatic rings. The summed E-state index contributed by atoms with van der Waals surface area (Å²) in [5, 5.41) is 15.6. The Balaban J connectivity index is 2.11. The highest BCUT2D eigenvalue weighted by Gasteiger charge is 2.20. The minimum atomic E-state index is -0.379. The lowest BCUT2D eigenvalue weighted by Crippen LogP contribution is -2.14. The average Bonchev–Trinajstić information content (AvgIpc) is 3.09. The SMILES string of the molecule is COc1nc(-c2ccc(C#N)cc2)c(-c2ccc(C)cc2)n2c(=O)[nH]nc12. The van der Waals surface area contributed by atoms with Crippen molar-refractivity contribution in [2.75, 3.05) is 7.11 Å². The van der Waals surface area contributed by atoms with Crippen molar-refractivity contribution in [1.82, 2.24) is 19.6 Å². The molecule has 0 fully saturated rings. The van der Waals surface area contributed by atoms with Gasteiger partial charge in [-0.05, 0) is 19.1 Å². The van der Waals surface area contributed by atoms with Gasteiger partial charge in [0.25, 0.3) is 5.88 Å². The van der Waals surface area contributed by atoms with Gasteiger partial charge in [-0.25, -0.2) is 19.3 Å². The van der Waals surface area contributed by atoms with Crippen LogP contribution in [-0.2, 0) is 0 Å². The van der Waals surface area contributed by atoms with E-state index in [4.69, 9.17) is 10.00 Å². The van der Waals surface area contributed by atoms with Crippen molar-refractivity contribution in [2.24, 2.45) is 0 Å². The van der Waals surface area contributed by atoms with Gasteiger partial charge in [0.1, 0.15) is 0 Å². The van der Waals surface area contributed by atoms with Gasteiger partial charge in [0.15, 0.2) is 0 Å². The van der Waals surface area contributed by atoms with Gasteiger partial charge >= 0.3 is 5.69 Å². The van der Waals surface area contributed by atoms with Crippen LogP contribution in [0.15, 0.2) is 53.3 Å². The number of benzene rings is 2. The van der Waals surface area contributed by atoms with Crippen LogP contribution < -0.4 is 10.4 Å². The van der Waals surface area contributed by atoms with Gasteiger partial charge in [-0.3, -0.25) is 0 Å². The van der Waals surface area contributed by atoms with Gasteiger partial charge in [-0.1, -0.05) is 42.0 Å². The normalized spacial score (nSPS) is 10.7. The molecule has 0 aliphatic carbocycles. The summed E-state index contributed by atoms with van der Waals surface area (Å²) in [5.41, 5.74) is 4.35. The highest BCUT2D eigenvalue weighted by molar-refractivity contribution is 5.81. The molecule has 0 spiro atoms. The largest absolute Gasteiger partial charge is 0.478 e. The molecule has 0 radical (unpaired) electrons. The lowest BCUT2D eigenvalue weighted by atomic mass is 10.0. The molecule has 132 valence electrons. The summed E-state index contributed by atoms with van der Waals surface area (Å²) in [4.78, 5) is 17.1. The Morgan fingerprint density at radius 2 is 1.74 bits per heavy atom. The second-order valence-electron chi connectivity index (χ2n) is 6.06. The first kappa shape index (κ1) is 16.5.